The van der Waals surface area contributed by atoms with Crippen molar-refractivity contribution >= 4 is 0 Å². The fourth-order valence-corrected chi connectivity index (χ4v) is 2.67. The molecule has 1 aromatic rings. The van der Waals surface area contributed by atoms with Crippen LogP contribution in [0.15, 0.2) is 15.7 Å². The first-order valence-electron chi connectivity index (χ1n) is 6.79. The highest BCUT2D eigenvalue weighted by Gasteiger charge is 2.56. The van der Waals surface area contributed by atoms with Gasteiger partial charge in [0.2, 0.25) is 0 Å². The molecule has 1 saturated heterocycles. The summed E-state index contributed by atoms with van der Waals surface area (Å²) in [4.78, 5) is 25.6. The Balaban J connectivity index is 2.64. The van der Waals surface area contributed by atoms with Crippen LogP contribution >= 0.6 is 0 Å². The SMILES string of the molecule is CC#C[C@@]1(N)C(O)[C@@H]([C@@H](C)O)O[C@H]1n1c(C)cc(=O)[nH]c1=O. The van der Waals surface area contributed by atoms with E-state index in [1.165, 1.54) is 19.9 Å². The summed E-state index contributed by atoms with van der Waals surface area (Å²) in [7, 11) is 0. The average Bonchev–Trinajstić information content (AvgIpc) is 2.63. The van der Waals surface area contributed by atoms with Crippen molar-refractivity contribution in [1.82, 2.24) is 9.55 Å². The van der Waals surface area contributed by atoms with Gasteiger partial charge in [0, 0.05) is 11.8 Å². The van der Waals surface area contributed by atoms with Crippen molar-refractivity contribution in [2.45, 2.75) is 50.8 Å². The van der Waals surface area contributed by atoms with Crippen LogP contribution in [0.4, 0.5) is 0 Å². The Morgan fingerprint density at radius 3 is 2.68 bits per heavy atom. The second-order valence-corrected chi connectivity index (χ2v) is 5.40. The second-order valence-electron chi connectivity index (χ2n) is 5.40. The molecule has 1 aliphatic heterocycles. The molecule has 0 aliphatic carbocycles. The number of aryl methyl sites for hydroxylation is 1. The van der Waals surface area contributed by atoms with Gasteiger partial charge in [-0.25, -0.2) is 4.79 Å². The number of aromatic amines is 1. The van der Waals surface area contributed by atoms with Crippen LogP contribution in [0.5, 0.6) is 0 Å². The Morgan fingerprint density at radius 2 is 2.18 bits per heavy atom. The Labute approximate surface area is 126 Å². The molecule has 5 atom stereocenters. The molecule has 0 spiro atoms. The van der Waals surface area contributed by atoms with E-state index in [1.54, 1.807) is 6.92 Å². The number of nitrogens with two attached hydrogens (primary N) is 1. The molecule has 0 aromatic carbocycles. The van der Waals surface area contributed by atoms with Gasteiger partial charge in [0.1, 0.15) is 12.2 Å². The lowest BCUT2D eigenvalue weighted by Crippen LogP contribution is -2.56. The first-order valence-corrected chi connectivity index (χ1v) is 6.79. The van der Waals surface area contributed by atoms with Crippen LogP contribution in [0.25, 0.3) is 0 Å². The van der Waals surface area contributed by atoms with E-state index in [-0.39, 0.29) is 0 Å². The zero-order valence-corrected chi connectivity index (χ0v) is 12.5. The van der Waals surface area contributed by atoms with Crippen molar-refractivity contribution in [3.8, 4) is 11.8 Å². The number of H-pyrrole nitrogens is 1. The van der Waals surface area contributed by atoms with E-state index in [4.69, 9.17) is 10.5 Å². The maximum atomic E-state index is 12.1. The summed E-state index contributed by atoms with van der Waals surface area (Å²) < 4.78 is 6.73. The fraction of sp³-hybridized carbons (Fsp3) is 0.571. The Hall–Kier alpha value is -1.92. The highest BCUT2D eigenvalue weighted by atomic mass is 16.5. The van der Waals surface area contributed by atoms with Crippen molar-refractivity contribution in [3.05, 3.63) is 32.6 Å². The Morgan fingerprint density at radius 1 is 1.55 bits per heavy atom. The average molecular weight is 309 g/mol. The molecule has 1 fully saturated rings. The largest absolute Gasteiger partial charge is 0.391 e. The standard InChI is InChI=1S/C14H19N3O5/c1-4-5-14(15)11(20)10(8(3)18)22-12(14)17-7(2)6-9(19)16-13(17)21/h6,8,10-12,18,20H,15H2,1-3H3,(H,16,19,21)/t8-,10-,11?,12-,14-/m1/s1. The van der Waals surface area contributed by atoms with Crippen LogP contribution in [0, 0.1) is 18.8 Å². The molecule has 0 amide bonds. The maximum Gasteiger partial charge on any atom is 0.330 e. The summed E-state index contributed by atoms with van der Waals surface area (Å²) in [6.45, 7) is 4.52. The minimum atomic E-state index is -1.59. The lowest BCUT2D eigenvalue weighted by Gasteiger charge is -2.29. The van der Waals surface area contributed by atoms with Crippen molar-refractivity contribution in [2.75, 3.05) is 0 Å². The molecule has 1 aromatic heterocycles. The molecule has 2 heterocycles. The first kappa shape index (κ1) is 16.5. The van der Waals surface area contributed by atoms with Crippen LogP contribution in [0.2, 0.25) is 0 Å². The number of rotatable bonds is 2. The van der Waals surface area contributed by atoms with Gasteiger partial charge in [-0.2, -0.15) is 0 Å². The summed E-state index contributed by atoms with van der Waals surface area (Å²) in [5, 5.41) is 20.1. The van der Waals surface area contributed by atoms with Gasteiger partial charge in [0.05, 0.1) is 6.10 Å². The smallest absolute Gasteiger partial charge is 0.330 e. The molecule has 8 nitrogen and oxygen atoms in total. The maximum absolute atomic E-state index is 12.1. The molecule has 8 heteroatoms. The number of nitrogens with zero attached hydrogens (tertiary/aromatic N) is 1. The first-order chi connectivity index (χ1) is 10.2. The molecule has 1 unspecified atom stereocenters. The van der Waals surface area contributed by atoms with E-state index >= 15 is 0 Å². The molecular weight excluding hydrogens is 290 g/mol. The molecule has 22 heavy (non-hydrogen) atoms. The van der Waals surface area contributed by atoms with E-state index in [0.717, 1.165) is 4.57 Å². The topological polar surface area (TPSA) is 131 Å². The predicted molar refractivity (Wildman–Crippen MR) is 78.0 cm³/mol. The predicted octanol–water partition coefficient (Wildman–Crippen LogP) is -1.80. The number of hydrogen-bond acceptors (Lipinski definition) is 6. The van der Waals surface area contributed by atoms with Crippen molar-refractivity contribution in [2.24, 2.45) is 5.73 Å². The zero-order valence-electron chi connectivity index (χ0n) is 12.5. The van der Waals surface area contributed by atoms with Gasteiger partial charge in [0.15, 0.2) is 11.8 Å². The van der Waals surface area contributed by atoms with Gasteiger partial charge in [-0.15, -0.1) is 5.92 Å². The van der Waals surface area contributed by atoms with Gasteiger partial charge in [0.25, 0.3) is 5.56 Å². The number of nitrogens with one attached hydrogen (secondary N) is 1. The fourth-order valence-electron chi connectivity index (χ4n) is 2.67. The lowest BCUT2D eigenvalue weighted by molar-refractivity contribution is -0.0784. The van der Waals surface area contributed by atoms with Crippen molar-refractivity contribution in [1.29, 1.82) is 0 Å². The van der Waals surface area contributed by atoms with E-state index in [2.05, 4.69) is 16.8 Å². The second kappa shape index (κ2) is 5.70. The van der Waals surface area contributed by atoms with E-state index in [9.17, 15) is 19.8 Å². The minimum absolute atomic E-state index is 0.310. The monoisotopic (exact) mass is 309 g/mol. The highest BCUT2D eigenvalue weighted by molar-refractivity contribution is 5.26. The van der Waals surface area contributed by atoms with Gasteiger partial charge in [-0.3, -0.25) is 14.3 Å². The molecule has 5 N–H and O–H groups in total. The minimum Gasteiger partial charge on any atom is -0.391 e. The summed E-state index contributed by atoms with van der Waals surface area (Å²) in [6, 6.07) is 1.21. The Bertz CT molecular complexity index is 741. The van der Waals surface area contributed by atoms with Gasteiger partial charge < -0.3 is 20.7 Å². The lowest BCUT2D eigenvalue weighted by atomic mass is 9.90. The van der Waals surface area contributed by atoms with Crippen LogP contribution in [-0.4, -0.2) is 43.6 Å². The number of aromatic nitrogens is 2. The van der Waals surface area contributed by atoms with Crippen LogP contribution in [0.1, 0.15) is 25.8 Å². The summed E-state index contributed by atoms with van der Waals surface area (Å²) in [5.74, 6) is 5.27. The molecule has 1 aliphatic rings. The molecular formula is C14H19N3O5. The van der Waals surface area contributed by atoms with Crippen LogP contribution in [0.3, 0.4) is 0 Å². The summed E-state index contributed by atoms with van der Waals surface area (Å²) in [5.41, 5.74) is 3.63. The summed E-state index contributed by atoms with van der Waals surface area (Å²) in [6.07, 6.45) is -4.46. The van der Waals surface area contributed by atoms with Gasteiger partial charge in [-0.1, -0.05) is 5.92 Å². The van der Waals surface area contributed by atoms with E-state index in [1.807, 2.05) is 0 Å². The summed E-state index contributed by atoms with van der Waals surface area (Å²) >= 11 is 0. The van der Waals surface area contributed by atoms with Gasteiger partial charge >= 0.3 is 5.69 Å². The van der Waals surface area contributed by atoms with E-state index < -0.39 is 41.3 Å². The van der Waals surface area contributed by atoms with Crippen LogP contribution in [-0.2, 0) is 4.74 Å². The number of ether oxygens (including phenoxy) is 1. The Kier molecular flexibility index (Phi) is 4.26. The number of hydrogen-bond donors (Lipinski definition) is 4. The third-order valence-electron chi connectivity index (χ3n) is 3.72. The van der Waals surface area contributed by atoms with Crippen LogP contribution < -0.4 is 17.0 Å². The third kappa shape index (κ3) is 2.48. The zero-order chi connectivity index (χ0) is 16.7. The number of aliphatic hydroxyl groups excluding tert-OH is 2. The van der Waals surface area contributed by atoms with E-state index in [0.29, 0.717) is 5.69 Å². The molecule has 0 bridgehead atoms. The highest BCUT2D eigenvalue weighted by Crippen LogP contribution is 2.37. The normalized spacial score (nSPS) is 32.4. The van der Waals surface area contributed by atoms with Gasteiger partial charge in [-0.05, 0) is 20.8 Å². The third-order valence-corrected chi connectivity index (χ3v) is 3.72. The molecule has 120 valence electrons. The quantitative estimate of drug-likeness (QED) is 0.477. The van der Waals surface area contributed by atoms with Crippen molar-refractivity contribution in [3.63, 3.8) is 0 Å². The number of aliphatic hydroxyl groups is 2. The molecule has 0 saturated carbocycles. The van der Waals surface area contributed by atoms with Crippen molar-refractivity contribution < 1.29 is 14.9 Å². The molecule has 0 radical (unpaired) electrons. The molecule has 2 rings (SSSR count).